The van der Waals surface area contributed by atoms with E-state index in [1.807, 2.05) is 0 Å². The molecule has 20 heavy (non-hydrogen) atoms. The van der Waals surface area contributed by atoms with Gasteiger partial charge in [-0.15, -0.1) is 0 Å². The summed E-state index contributed by atoms with van der Waals surface area (Å²) in [5.74, 6) is -0.187. The lowest BCUT2D eigenvalue weighted by Gasteiger charge is -2.07. The van der Waals surface area contributed by atoms with Gasteiger partial charge < -0.3 is 10.2 Å². The van der Waals surface area contributed by atoms with Crippen molar-refractivity contribution in [3.63, 3.8) is 0 Å². The summed E-state index contributed by atoms with van der Waals surface area (Å²) in [5, 5.41) is 17.2. The molecule has 0 bridgehead atoms. The summed E-state index contributed by atoms with van der Waals surface area (Å²) in [4.78, 5) is 10.4. The van der Waals surface area contributed by atoms with Crippen molar-refractivity contribution in [2.24, 2.45) is 5.92 Å². The molecule has 0 aromatic rings. The van der Waals surface area contributed by atoms with E-state index < -0.39 is 5.97 Å². The first kappa shape index (κ1) is 18.9. The van der Waals surface area contributed by atoms with Crippen LogP contribution in [-0.4, -0.2) is 22.8 Å². The fourth-order valence-corrected chi connectivity index (χ4v) is 1.98. The molecule has 0 radical (unpaired) electrons. The number of rotatable bonds is 13. The van der Waals surface area contributed by atoms with Crippen LogP contribution in [0, 0.1) is 5.92 Å². The average Bonchev–Trinajstić information content (AvgIpc) is 2.42. The van der Waals surface area contributed by atoms with Crippen LogP contribution in [0.3, 0.4) is 0 Å². The Morgan fingerprint density at radius 1 is 1.00 bits per heavy atom. The normalized spacial score (nSPS) is 13.3. The van der Waals surface area contributed by atoms with Crippen molar-refractivity contribution < 1.29 is 15.0 Å². The summed E-state index contributed by atoms with van der Waals surface area (Å²) in [6, 6.07) is 0. The highest BCUT2D eigenvalue weighted by atomic mass is 16.4. The zero-order valence-corrected chi connectivity index (χ0v) is 12.8. The van der Waals surface area contributed by atoms with Crippen molar-refractivity contribution in [2.45, 2.75) is 64.7 Å². The fraction of sp³-hybridized carbons (Fsp3) is 0.706. The number of allylic oxidation sites excluding steroid dienone is 4. The Kier molecular flexibility index (Phi) is 13.5. The van der Waals surface area contributed by atoms with Crippen LogP contribution in [0.25, 0.3) is 0 Å². The first-order valence-corrected chi connectivity index (χ1v) is 7.79. The molecule has 0 saturated heterocycles. The maximum Gasteiger partial charge on any atom is 0.303 e. The molecule has 1 unspecified atom stereocenters. The number of carboxylic acids is 1. The van der Waals surface area contributed by atoms with Gasteiger partial charge in [0.1, 0.15) is 0 Å². The minimum atomic E-state index is -0.692. The van der Waals surface area contributed by atoms with Gasteiger partial charge in [0.15, 0.2) is 0 Å². The van der Waals surface area contributed by atoms with Crippen LogP contribution in [0.1, 0.15) is 64.7 Å². The van der Waals surface area contributed by atoms with E-state index in [2.05, 4.69) is 31.2 Å². The number of aliphatic hydroxyl groups excluding tert-OH is 1. The van der Waals surface area contributed by atoms with Gasteiger partial charge in [0.05, 0.1) is 0 Å². The third kappa shape index (κ3) is 15.0. The van der Waals surface area contributed by atoms with E-state index in [1.54, 1.807) is 0 Å². The second-order valence-corrected chi connectivity index (χ2v) is 5.37. The monoisotopic (exact) mass is 282 g/mol. The number of aliphatic hydroxyl groups is 1. The number of carboxylic acid groups (broad SMARTS) is 1. The molecular formula is C17H30O3. The Balaban J connectivity index is 3.37. The Morgan fingerprint density at radius 3 is 2.25 bits per heavy atom. The van der Waals surface area contributed by atoms with Gasteiger partial charge in [-0.05, 0) is 50.9 Å². The van der Waals surface area contributed by atoms with Crippen LogP contribution in [0.4, 0.5) is 0 Å². The van der Waals surface area contributed by atoms with Crippen molar-refractivity contribution in [2.75, 3.05) is 6.61 Å². The van der Waals surface area contributed by atoms with Crippen LogP contribution in [0.15, 0.2) is 24.3 Å². The highest BCUT2D eigenvalue weighted by molar-refractivity contribution is 5.66. The fourth-order valence-electron chi connectivity index (χ4n) is 1.98. The Hall–Kier alpha value is -1.09. The molecular weight excluding hydrogens is 252 g/mol. The summed E-state index contributed by atoms with van der Waals surface area (Å²) in [6.07, 6.45) is 17.1. The lowest BCUT2D eigenvalue weighted by atomic mass is 9.99. The zero-order valence-electron chi connectivity index (χ0n) is 12.8. The number of hydrogen-bond donors (Lipinski definition) is 2. The highest BCUT2D eigenvalue weighted by Gasteiger charge is 2.04. The third-order valence-corrected chi connectivity index (χ3v) is 3.30. The van der Waals surface area contributed by atoms with E-state index in [0.717, 1.165) is 51.4 Å². The summed E-state index contributed by atoms with van der Waals surface area (Å²) in [5.41, 5.74) is 0. The van der Waals surface area contributed by atoms with Gasteiger partial charge >= 0.3 is 5.97 Å². The molecule has 0 rings (SSSR count). The summed E-state index contributed by atoms with van der Waals surface area (Å²) < 4.78 is 0. The first-order chi connectivity index (χ1) is 9.66. The second kappa shape index (κ2) is 14.3. The molecule has 0 fully saturated rings. The molecule has 0 aliphatic rings. The molecule has 0 amide bonds. The first-order valence-electron chi connectivity index (χ1n) is 7.79. The Bertz CT molecular complexity index is 282. The Morgan fingerprint density at radius 2 is 1.65 bits per heavy atom. The van der Waals surface area contributed by atoms with E-state index in [-0.39, 0.29) is 6.42 Å². The maximum absolute atomic E-state index is 10.4. The number of unbranched alkanes of at least 4 members (excludes halogenated alkanes) is 3. The molecule has 0 heterocycles. The maximum atomic E-state index is 10.4. The highest BCUT2D eigenvalue weighted by Crippen LogP contribution is 2.14. The van der Waals surface area contributed by atoms with Crippen LogP contribution in [-0.2, 0) is 4.79 Å². The van der Waals surface area contributed by atoms with E-state index in [9.17, 15) is 4.79 Å². The third-order valence-electron chi connectivity index (χ3n) is 3.30. The van der Waals surface area contributed by atoms with Gasteiger partial charge in [-0.1, -0.05) is 37.6 Å². The van der Waals surface area contributed by atoms with Crippen LogP contribution in [0.2, 0.25) is 0 Å². The SMILES string of the molecule is CC(CCCC=CCC=CCCCCO)CCC(=O)O. The lowest BCUT2D eigenvalue weighted by Crippen LogP contribution is -2.00. The Labute approximate surface area is 123 Å². The van der Waals surface area contributed by atoms with Crippen molar-refractivity contribution in [1.29, 1.82) is 0 Å². The van der Waals surface area contributed by atoms with Gasteiger partial charge in [0, 0.05) is 13.0 Å². The molecule has 2 N–H and O–H groups in total. The second-order valence-electron chi connectivity index (χ2n) is 5.37. The molecule has 1 atom stereocenters. The van der Waals surface area contributed by atoms with Crippen LogP contribution >= 0.6 is 0 Å². The molecule has 0 aromatic carbocycles. The molecule has 0 aliphatic carbocycles. The van der Waals surface area contributed by atoms with Crippen molar-refractivity contribution in [1.82, 2.24) is 0 Å². The summed E-state index contributed by atoms with van der Waals surface area (Å²) in [6.45, 7) is 2.42. The van der Waals surface area contributed by atoms with Crippen LogP contribution in [0.5, 0.6) is 0 Å². The molecule has 116 valence electrons. The van der Waals surface area contributed by atoms with E-state index in [4.69, 9.17) is 10.2 Å². The predicted molar refractivity (Wildman–Crippen MR) is 83.7 cm³/mol. The lowest BCUT2D eigenvalue weighted by molar-refractivity contribution is -0.137. The quantitative estimate of drug-likeness (QED) is 0.390. The smallest absolute Gasteiger partial charge is 0.303 e. The van der Waals surface area contributed by atoms with Crippen molar-refractivity contribution in [3.8, 4) is 0 Å². The van der Waals surface area contributed by atoms with E-state index >= 15 is 0 Å². The molecule has 3 heteroatoms. The zero-order chi connectivity index (χ0) is 15.1. The van der Waals surface area contributed by atoms with Gasteiger partial charge in [-0.3, -0.25) is 4.79 Å². The van der Waals surface area contributed by atoms with Gasteiger partial charge in [-0.2, -0.15) is 0 Å². The van der Waals surface area contributed by atoms with Crippen molar-refractivity contribution >= 4 is 5.97 Å². The summed E-state index contributed by atoms with van der Waals surface area (Å²) in [7, 11) is 0. The van der Waals surface area contributed by atoms with Gasteiger partial charge in [0.25, 0.3) is 0 Å². The number of aliphatic carboxylic acids is 1. The predicted octanol–water partition coefficient (Wildman–Crippen LogP) is 4.32. The van der Waals surface area contributed by atoms with Crippen molar-refractivity contribution in [3.05, 3.63) is 24.3 Å². The molecule has 3 nitrogen and oxygen atoms in total. The van der Waals surface area contributed by atoms with Gasteiger partial charge in [-0.25, -0.2) is 0 Å². The minimum absolute atomic E-state index is 0.290. The largest absolute Gasteiger partial charge is 0.481 e. The minimum Gasteiger partial charge on any atom is -0.481 e. The molecule has 0 spiro atoms. The van der Waals surface area contributed by atoms with Gasteiger partial charge in [0.2, 0.25) is 0 Å². The summed E-state index contributed by atoms with van der Waals surface area (Å²) >= 11 is 0. The molecule has 0 aromatic heterocycles. The standard InChI is InChI=1S/C17H30O3/c1-16(13-14-17(19)20)12-10-8-6-4-2-3-5-7-9-11-15-18/h3-6,16,18H,2,7-15H2,1H3,(H,19,20). The topological polar surface area (TPSA) is 57.5 Å². The number of carbonyl (C=O) groups is 1. The van der Waals surface area contributed by atoms with Crippen LogP contribution < -0.4 is 0 Å². The molecule has 0 aliphatic heterocycles. The van der Waals surface area contributed by atoms with E-state index in [1.165, 1.54) is 0 Å². The number of hydrogen-bond acceptors (Lipinski definition) is 2. The molecule has 0 saturated carbocycles. The van der Waals surface area contributed by atoms with E-state index in [0.29, 0.717) is 12.5 Å². The average molecular weight is 282 g/mol.